The van der Waals surface area contributed by atoms with Crippen LogP contribution < -0.4 is 10.1 Å². The van der Waals surface area contributed by atoms with E-state index in [1.165, 1.54) is 6.92 Å². The fourth-order valence-electron chi connectivity index (χ4n) is 1.43. The van der Waals surface area contributed by atoms with Crippen LogP contribution in [0.2, 0.25) is 0 Å². The second kappa shape index (κ2) is 6.12. The molecule has 0 aromatic heterocycles. The molecular formula is C12H17NO3. The molecule has 4 heteroatoms. The molecule has 2 N–H and O–H groups in total. The summed E-state index contributed by atoms with van der Waals surface area (Å²) in [5.74, 6) is 0.637. The molecule has 0 bridgehead atoms. The van der Waals surface area contributed by atoms with Gasteiger partial charge in [0.1, 0.15) is 12.4 Å². The smallest absolute Gasteiger partial charge is 0.217 e. The highest BCUT2D eigenvalue weighted by atomic mass is 16.5. The molecule has 0 aliphatic rings. The Balaban J connectivity index is 2.69. The Morgan fingerprint density at radius 3 is 2.94 bits per heavy atom. The highest BCUT2D eigenvalue weighted by Crippen LogP contribution is 2.18. The Morgan fingerprint density at radius 2 is 2.31 bits per heavy atom. The van der Waals surface area contributed by atoms with Crippen molar-refractivity contribution in [3.8, 4) is 5.75 Å². The lowest BCUT2D eigenvalue weighted by molar-refractivity contribution is -0.119. The molecule has 4 nitrogen and oxygen atoms in total. The van der Waals surface area contributed by atoms with Crippen LogP contribution in [0.4, 0.5) is 0 Å². The number of benzene rings is 1. The van der Waals surface area contributed by atoms with Crippen molar-refractivity contribution in [3.05, 3.63) is 29.8 Å². The topological polar surface area (TPSA) is 58.6 Å². The summed E-state index contributed by atoms with van der Waals surface area (Å²) in [6.45, 7) is 3.67. The van der Waals surface area contributed by atoms with Gasteiger partial charge in [0, 0.05) is 6.92 Å². The van der Waals surface area contributed by atoms with Crippen molar-refractivity contribution in [3.63, 3.8) is 0 Å². The molecule has 1 atom stereocenters. The minimum Gasteiger partial charge on any atom is -0.491 e. The van der Waals surface area contributed by atoms with Gasteiger partial charge in [-0.3, -0.25) is 4.79 Å². The van der Waals surface area contributed by atoms with Gasteiger partial charge >= 0.3 is 0 Å². The molecule has 0 unspecified atom stereocenters. The van der Waals surface area contributed by atoms with Crippen molar-refractivity contribution in [2.45, 2.75) is 19.9 Å². The monoisotopic (exact) mass is 223 g/mol. The summed E-state index contributed by atoms with van der Waals surface area (Å²) in [5.41, 5.74) is 0.977. The Labute approximate surface area is 95.2 Å². The summed E-state index contributed by atoms with van der Waals surface area (Å²) in [7, 11) is 0. The average molecular weight is 223 g/mol. The fourth-order valence-corrected chi connectivity index (χ4v) is 1.43. The number of carbonyl (C=O) groups is 1. The number of ether oxygens (including phenoxy) is 1. The lowest BCUT2D eigenvalue weighted by Gasteiger charge is -2.14. The van der Waals surface area contributed by atoms with E-state index in [-0.39, 0.29) is 25.2 Å². The molecule has 0 heterocycles. The highest BCUT2D eigenvalue weighted by Gasteiger charge is 2.07. The standard InChI is InChI=1S/C12H17NO3/c1-9(13-10(2)15)11-4-3-5-12(8-11)16-7-6-14/h3-5,8-9,14H,6-7H2,1-2H3,(H,13,15)/t9-/m1/s1. The van der Waals surface area contributed by atoms with Gasteiger partial charge in [-0.15, -0.1) is 0 Å². The number of nitrogens with one attached hydrogen (secondary N) is 1. The summed E-state index contributed by atoms with van der Waals surface area (Å²) >= 11 is 0. The fraction of sp³-hybridized carbons (Fsp3) is 0.417. The summed E-state index contributed by atoms with van der Waals surface area (Å²) < 4.78 is 5.29. The zero-order valence-electron chi connectivity index (χ0n) is 9.56. The van der Waals surface area contributed by atoms with Crippen molar-refractivity contribution >= 4 is 5.91 Å². The van der Waals surface area contributed by atoms with E-state index in [9.17, 15) is 4.79 Å². The van der Waals surface area contributed by atoms with Crippen molar-refractivity contribution < 1.29 is 14.6 Å². The van der Waals surface area contributed by atoms with E-state index in [0.717, 1.165) is 5.56 Å². The van der Waals surface area contributed by atoms with Crippen LogP contribution in [-0.2, 0) is 4.79 Å². The maximum absolute atomic E-state index is 10.9. The predicted molar refractivity (Wildman–Crippen MR) is 61.3 cm³/mol. The Morgan fingerprint density at radius 1 is 1.56 bits per heavy atom. The Hall–Kier alpha value is -1.55. The normalized spacial score (nSPS) is 11.9. The third kappa shape index (κ3) is 3.90. The molecule has 1 aromatic rings. The van der Waals surface area contributed by atoms with Crippen molar-refractivity contribution in [1.29, 1.82) is 0 Å². The quantitative estimate of drug-likeness (QED) is 0.790. The molecule has 0 saturated heterocycles. The number of rotatable bonds is 5. The number of aliphatic hydroxyl groups excluding tert-OH is 1. The van der Waals surface area contributed by atoms with E-state index in [4.69, 9.17) is 9.84 Å². The molecule has 1 rings (SSSR count). The van der Waals surface area contributed by atoms with Gasteiger partial charge in [-0.2, -0.15) is 0 Å². The molecule has 0 saturated carbocycles. The van der Waals surface area contributed by atoms with Crippen LogP contribution in [0.3, 0.4) is 0 Å². The van der Waals surface area contributed by atoms with Gasteiger partial charge in [-0.05, 0) is 24.6 Å². The maximum atomic E-state index is 10.9. The first kappa shape index (κ1) is 12.5. The van der Waals surface area contributed by atoms with Gasteiger partial charge in [0.15, 0.2) is 0 Å². The van der Waals surface area contributed by atoms with Crippen molar-refractivity contribution in [2.24, 2.45) is 0 Å². The number of aliphatic hydroxyl groups is 1. The van der Waals surface area contributed by atoms with E-state index in [2.05, 4.69) is 5.32 Å². The zero-order valence-corrected chi connectivity index (χ0v) is 9.56. The summed E-state index contributed by atoms with van der Waals surface area (Å²) in [5, 5.41) is 11.4. The first-order chi connectivity index (χ1) is 7.63. The van der Waals surface area contributed by atoms with E-state index in [1.54, 1.807) is 0 Å². The van der Waals surface area contributed by atoms with E-state index in [0.29, 0.717) is 5.75 Å². The van der Waals surface area contributed by atoms with Crippen LogP contribution in [-0.4, -0.2) is 24.2 Å². The van der Waals surface area contributed by atoms with Crippen LogP contribution >= 0.6 is 0 Å². The molecule has 1 aromatic carbocycles. The van der Waals surface area contributed by atoms with Crippen molar-refractivity contribution in [1.82, 2.24) is 5.32 Å². The second-order valence-electron chi connectivity index (χ2n) is 3.57. The number of hydrogen-bond acceptors (Lipinski definition) is 3. The summed E-state index contributed by atoms with van der Waals surface area (Å²) in [6.07, 6.45) is 0. The van der Waals surface area contributed by atoms with Crippen LogP contribution in [0, 0.1) is 0 Å². The first-order valence-electron chi connectivity index (χ1n) is 5.24. The third-order valence-electron chi connectivity index (χ3n) is 2.14. The number of amides is 1. The molecule has 0 fully saturated rings. The second-order valence-corrected chi connectivity index (χ2v) is 3.57. The third-order valence-corrected chi connectivity index (χ3v) is 2.14. The van der Waals surface area contributed by atoms with Crippen LogP contribution in [0.15, 0.2) is 24.3 Å². The molecule has 0 radical (unpaired) electrons. The minimum absolute atomic E-state index is 0.00846. The largest absolute Gasteiger partial charge is 0.491 e. The SMILES string of the molecule is CC(=O)N[C@H](C)c1cccc(OCCO)c1. The average Bonchev–Trinajstić information content (AvgIpc) is 2.26. The molecule has 1 amide bonds. The first-order valence-corrected chi connectivity index (χ1v) is 5.24. The predicted octanol–water partition coefficient (Wildman–Crippen LogP) is 1.25. The van der Waals surface area contributed by atoms with E-state index < -0.39 is 0 Å². The van der Waals surface area contributed by atoms with Gasteiger partial charge in [0.05, 0.1) is 12.6 Å². The van der Waals surface area contributed by atoms with Gasteiger partial charge in [-0.1, -0.05) is 12.1 Å². The molecule has 16 heavy (non-hydrogen) atoms. The summed E-state index contributed by atoms with van der Waals surface area (Å²) in [4.78, 5) is 10.9. The van der Waals surface area contributed by atoms with Gasteiger partial charge < -0.3 is 15.2 Å². The molecular weight excluding hydrogens is 206 g/mol. The molecule has 0 aliphatic heterocycles. The van der Waals surface area contributed by atoms with Gasteiger partial charge in [0.2, 0.25) is 5.91 Å². The summed E-state index contributed by atoms with van der Waals surface area (Å²) in [6, 6.07) is 7.41. The number of carbonyl (C=O) groups excluding carboxylic acids is 1. The van der Waals surface area contributed by atoms with Gasteiger partial charge in [0.25, 0.3) is 0 Å². The van der Waals surface area contributed by atoms with Crippen LogP contribution in [0.1, 0.15) is 25.5 Å². The maximum Gasteiger partial charge on any atom is 0.217 e. The van der Waals surface area contributed by atoms with Crippen molar-refractivity contribution in [2.75, 3.05) is 13.2 Å². The highest BCUT2D eigenvalue weighted by molar-refractivity contribution is 5.73. The van der Waals surface area contributed by atoms with Crippen LogP contribution in [0.5, 0.6) is 5.75 Å². The zero-order chi connectivity index (χ0) is 12.0. The van der Waals surface area contributed by atoms with Gasteiger partial charge in [-0.25, -0.2) is 0 Å². The Bertz CT molecular complexity index is 352. The van der Waals surface area contributed by atoms with E-state index in [1.807, 2.05) is 31.2 Å². The molecule has 0 spiro atoms. The lowest BCUT2D eigenvalue weighted by Crippen LogP contribution is -2.23. The molecule has 88 valence electrons. The number of hydrogen-bond donors (Lipinski definition) is 2. The van der Waals surface area contributed by atoms with Crippen LogP contribution in [0.25, 0.3) is 0 Å². The Kier molecular flexibility index (Phi) is 4.79. The van der Waals surface area contributed by atoms with E-state index >= 15 is 0 Å². The lowest BCUT2D eigenvalue weighted by atomic mass is 10.1. The minimum atomic E-state index is -0.0609. The molecule has 0 aliphatic carbocycles.